The normalized spacial score (nSPS) is 26.2. The van der Waals surface area contributed by atoms with Crippen molar-refractivity contribution in [2.45, 2.75) is 62.8 Å². The minimum atomic E-state index is -0.933. The first kappa shape index (κ1) is 33.0. The molecule has 9 nitrogen and oxygen atoms in total. The first-order valence-electron chi connectivity index (χ1n) is 18.7. The lowest BCUT2D eigenvalue weighted by atomic mass is 9.91. The number of benzene rings is 3. The average molecular weight is 724 g/mol. The maximum absolute atomic E-state index is 17.7. The van der Waals surface area contributed by atoms with E-state index in [-0.39, 0.29) is 51.5 Å². The van der Waals surface area contributed by atoms with Crippen LogP contribution in [-0.4, -0.2) is 101 Å². The van der Waals surface area contributed by atoms with E-state index in [9.17, 15) is 9.50 Å². The molecule has 0 saturated carbocycles. The van der Waals surface area contributed by atoms with Crippen LogP contribution in [0, 0.1) is 36.8 Å². The molecule has 10 rings (SSSR count). The summed E-state index contributed by atoms with van der Waals surface area (Å²) in [6.45, 7) is 7.13. The standard InChI is InChI=1S/C41H40F3N5O4/c1-3-29-32(43)8-5-24-12-28(50)13-30(33(24)29)34-36(44)37-35(31-11-22(2)53-38(31)34)39(47-17-26-6-7-27(18-47)49(26)15-23-19-51-20-23)46-40(45-37)52-21-41-9-4-10-48(41)16-25(42)14-41/h1,5,8,11-13,23,25-27,50H,4,6-7,9-10,14-21H2,2H3/t25-,26-,27+,41+/m1/s1. The molecule has 1 N–H and O–H groups in total. The highest BCUT2D eigenvalue weighted by Gasteiger charge is 2.49. The molecule has 0 amide bonds. The minimum absolute atomic E-state index is 0.00318. The molecule has 12 heteroatoms. The van der Waals surface area contributed by atoms with Crippen LogP contribution in [0.3, 0.4) is 0 Å². The Morgan fingerprint density at radius 2 is 1.89 bits per heavy atom. The number of nitrogens with zero attached hydrogens (tertiary/aromatic N) is 5. The fourth-order valence-corrected chi connectivity index (χ4v) is 10.0. The van der Waals surface area contributed by atoms with Gasteiger partial charge >= 0.3 is 6.01 Å². The molecule has 274 valence electrons. The summed E-state index contributed by atoms with van der Waals surface area (Å²) >= 11 is 0. The van der Waals surface area contributed by atoms with Gasteiger partial charge in [-0.15, -0.1) is 6.42 Å². The number of aryl methyl sites for hydroxylation is 1. The quantitative estimate of drug-likeness (QED) is 0.184. The second-order valence-corrected chi connectivity index (χ2v) is 15.8. The number of phenols is 1. The van der Waals surface area contributed by atoms with Crippen molar-refractivity contribution in [3.63, 3.8) is 0 Å². The van der Waals surface area contributed by atoms with E-state index in [2.05, 4.69) is 20.6 Å². The summed E-state index contributed by atoms with van der Waals surface area (Å²) in [5.74, 6) is 2.55. The van der Waals surface area contributed by atoms with Gasteiger partial charge in [0.25, 0.3) is 0 Å². The van der Waals surface area contributed by atoms with E-state index in [4.69, 9.17) is 30.3 Å². The lowest BCUT2D eigenvalue weighted by Gasteiger charge is -2.44. The van der Waals surface area contributed by atoms with E-state index in [1.165, 1.54) is 24.3 Å². The Balaban J connectivity index is 1.17. The molecule has 0 unspecified atom stereocenters. The number of hydrogen-bond acceptors (Lipinski definition) is 9. The Morgan fingerprint density at radius 3 is 2.64 bits per heavy atom. The molecule has 4 atom stereocenters. The number of fused-ring (bicyclic) bond motifs is 7. The van der Waals surface area contributed by atoms with Crippen LogP contribution in [0.25, 0.3) is 43.8 Å². The zero-order chi connectivity index (χ0) is 36.2. The van der Waals surface area contributed by atoms with Crippen LogP contribution < -0.4 is 9.64 Å². The summed E-state index contributed by atoms with van der Waals surface area (Å²) in [6.07, 6.45) is 9.13. The van der Waals surface area contributed by atoms with E-state index >= 15 is 8.78 Å². The van der Waals surface area contributed by atoms with Gasteiger partial charge in [-0.1, -0.05) is 12.0 Å². The van der Waals surface area contributed by atoms with Crippen LogP contribution in [0.5, 0.6) is 11.8 Å². The Bertz CT molecular complexity index is 2340. The summed E-state index contributed by atoms with van der Waals surface area (Å²) < 4.78 is 65.8. The third-order valence-corrected chi connectivity index (χ3v) is 12.5. The maximum atomic E-state index is 17.7. The van der Waals surface area contributed by atoms with Crippen LogP contribution >= 0.6 is 0 Å². The number of furan rings is 1. The molecule has 7 heterocycles. The van der Waals surface area contributed by atoms with Gasteiger partial charge in [0.2, 0.25) is 0 Å². The van der Waals surface area contributed by atoms with E-state index in [0.29, 0.717) is 71.8 Å². The number of anilines is 1. The summed E-state index contributed by atoms with van der Waals surface area (Å²) in [5, 5.41) is 12.7. The van der Waals surface area contributed by atoms with Gasteiger partial charge in [-0.2, -0.15) is 9.97 Å². The van der Waals surface area contributed by atoms with Crippen molar-refractivity contribution >= 4 is 38.5 Å². The van der Waals surface area contributed by atoms with Gasteiger partial charge in [0, 0.05) is 66.9 Å². The molecule has 5 saturated heterocycles. The van der Waals surface area contributed by atoms with Gasteiger partial charge in [-0.25, -0.2) is 13.2 Å². The number of terminal acetylenes is 1. The van der Waals surface area contributed by atoms with Gasteiger partial charge in [0.1, 0.15) is 47.0 Å². The van der Waals surface area contributed by atoms with Crippen molar-refractivity contribution < 1.29 is 32.2 Å². The smallest absolute Gasteiger partial charge is 0.319 e. The molecule has 2 bridgehead atoms. The van der Waals surface area contributed by atoms with Gasteiger partial charge < -0.3 is 23.9 Å². The first-order valence-corrected chi connectivity index (χ1v) is 18.7. The van der Waals surface area contributed by atoms with Gasteiger partial charge in [0.15, 0.2) is 5.82 Å². The summed E-state index contributed by atoms with van der Waals surface area (Å²) in [4.78, 5) is 16.8. The fourth-order valence-electron chi connectivity index (χ4n) is 10.0. The van der Waals surface area contributed by atoms with Crippen molar-refractivity contribution in [2.75, 3.05) is 57.4 Å². The minimum Gasteiger partial charge on any atom is -0.508 e. The highest BCUT2D eigenvalue weighted by Crippen LogP contribution is 2.47. The molecule has 2 aromatic heterocycles. The summed E-state index contributed by atoms with van der Waals surface area (Å²) in [6, 6.07) is 8.06. The number of rotatable bonds is 7. The second-order valence-electron chi connectivity index (χ2n) is 15.8. The Hall–Kier alpha value is -4.57. The van der Waals surface area contributed by atoms with Crippen molar-refractivity contribution in [1.82, 2.24) is 19.8 Å². The molecule has 5 fully saturated rings. The third kappa shape index (κ3) is 5.18. The molecular formula is C41H40F3N5O4. The Labute approximate surface area is 304 Å². The largest absolute Gasteiger partial charge is 0.508 e. The summed E-state index contributed by atoms with van der Waals surface area (Å²) in [7, 11) is 0. The first-order chi connectivity index (χ1) is 25.7. The molecule has 0 aliphatic carbocycles. The number of ether oxygens (including phenoxy) is 2. The molecule has 5 aromatic rings. The molecule has 5 aliphatic rings. The SMILES string of the molecule is C#Cc1c(F)ccc2cc(O)cc(-c3c(F)c4nc(OC[C@@]56CCCN5C[C@H](F)C6)nc(N5C[C@H]6CC[C@@H](C5)N6CC5COC5)c4c4cc(C)oc34)c12. The van der Waals surface area contributed by atoms with Gasteiger partial charge in [-0.3, -0.25) is 9.80 Å². The average Bonchev–Trinajstić information content (AvgIpc) is 3.83. The van der Waals surface area contributed by atoms with Crippen LogP contribution in [0.2, 0.25) is 0 Å². The maximum Gasteiger partial charge on any atom is 0.319 e. The lowest BCUT2D eigenvalue weighted by molar-refractivity contribution is -0.0538. The highest BCUT2D eigenvalue weighted by atomic mass is 19.1. The predicted molar refractivity (Wildman–Crippen MR) is 195 cm³/mol. The number of halogens is 3. The van der Waals surface area contributed by atoms with E-state index < -0.39 is 23.3 Å². The van der Waals surface area contributed by atoms with Gasteiger partial charge in [-0.05, 0) is 68.8 Å². The van der Waals surface area contributed by atoms with Crippen molar-refractivity contribution in [1.29, 1.82) is 0 Å². The molecule has 0 spiro atoms. The van der Waals surface area contributed by atoms with E-state index in [1.807, 2.05) is 6.07 Å². The molecule has 5 aliphatic heterocycles. The monoisotopic (exact) mass is 723 g/mol. The van der Waals surface area contributed by atoms with Crippen molar-refractivity contribution in [3.8, 4) is 35.2 Å². The van der Waals surface area contributed by atoms with Crippen LogP contribution in [0.1, 0.15) is 43.4 Å². The number of aromatic hydroxyl groups is 1. The predicted octanol–water partition coefficient (Wildman–Crippen LogP) is 6.72. The molecule has 3 aromatic carbocycles. The number of piperazine rings is 1. The second kappa shape index (κ2) is 12.2. The van der Waals surface area contributed by atoms with Crippen LogP contribution in [0.4, 0.5) is 19.0 Å². The zero-order valence-electron chi connectivity index (χ0n) is 29.5. The lowest BCUT2D eigenvalue weighted by Crippen LogP contribution is -2.56. The van der Waals surface area contributed by atoms with Crippen LogP contribution in [-0.2, 0) is 4.74 Å². The fraction of sp³-hybridized carbons (Fsp3) is 0.463. The van der Waals surface area contributed by atoms with E-state index in [1.54, 1.807) is 6.92 Å². The van der Waals surface area contributed by atoms with Gasteiger partial charge in [0.05, 0.1) is 35.3 Å². The summed E-state index contributed by atoms with van der Waals surface area (Å²) in [5.41, 5.74) is -0.0908. The zero-order valence-corrected chi connectivity index (χ0v) is 29.5. The third-order valence-electron chi connectivity index (χ3n) is 12.5. The Morgan fingerprint density at radius 1 is 1.08 bits per heavy atom. The highest BCUT2D eigenvalue weighted by molar-refractivity contribution is 6.18. The molecule has 0 radical (unpaired) electrons. The number of hydrogen-bond donors (Lipinski definition) is 1. The number of alkyl halides is 1. The van der Waals surface area contributed by atoms with Crippen molar-refractivity contribution in [3.05, 3.63) is 53.3 Å². The van der Waals surface area contributed by atoms with E-state index in [0.717, 1.165) is 52.0 Å². The number of phenolic OH excluding ortho intramolecular Hbond substituents is 1. The molecular weight excluding hydrogens is 683 g/mol. The molecule has 53 heavy (non-hydrogen) atoms. The number of aromatic nitrogens is 2. The Kier molecular flexibility index (Phi) is 7.62. The topological polar surface area (TPSA) is 87.3 Å². The van der Waals surface area contributed by atoms with Crippen molar-refractivity contribution in [2.24, 2.45) is 5.92 Å². The van der Waals surface area contributed by atoms with Crippen LogP contribution in [0.15, 0.2) is 34.7 Å².